The Kier molecular flexibility index (Phi) is 5.22. The minimum atomic E-state index is -0.524. The molecule has 2 aromatic carbocycles. The summed E-state index contributed by atoms with van der Waals surface area (Å²) in [5, 5.41) is 3.08. The van der Waals surface area contributed by atoms with Crippen molar-refractivity contribution in [3.05, 3.63) is 65.7 Å². The summed E-state index contributed by atoms with van der Waals surface area (Å²) in [6, 6.07) is 17.0. The van der Waals surface area contributed by atoms with Crippen molar-refractivity contribution in [2.75, 3.05) is 18.0 Å². The number of benzene rings is 2. The molecule has 27 heavy (non-hydrogen) atoms. The zero-order chi connectivity index (χ0) is 19.6. The van der Waals surface area contributed by atoms with Crippen LogP contribution in [0.1, 0.15) is 31.9 Å². The molecule has 1 aliphatic heterocycles. The van der Waals surface area contributed by atoms with Crippen LogP contribution in [0, 0.1) is 6.92 Å². The van der Waals surface area contributed by atoms with Crippen LogP contribution < -0.4 is 10.2 Å². The van der Waals surface area contributed by atoms with E-state index in [9.17, 15) is 9.59 Å². The van der Waals surface area contributed by atoms with Crippen LogP contribution in [-0.2, 0) is 10.3 Å². The van der Waals surface area contributed by atoms with Gasteiger partial charge in [0, 0.05) is 18.8 Å². The third-order valence-electron chi connectivity index (χ3n) is 5.18. The van der Waals surface area contributed by atoms with Crippen LogP contribution >= 0.6 is 0 Å². The number of hydrogen-bond acceptors (Lipinski definition) is 2. The third-order valence-corrected chi connectivity index (χ3v) is 5.18. The number of amides is 3. The van der Waals surface area contributed by atoms with E-state index < -0.39 is 11.6 Å². The fourth-order valence-electron chi connectivity index (χ4n) is 3.39. The van der Waals surface area contributed by atoms with Crippen molar-refractivity contribution in [3.63, 3.8) is 0 Å². The van der Waals surface area contributed by atoms with Crippen molar-refractivity contribution in [2.45, 2.75) is 39.3 Å². The number of carbonyl (C=O) groups excluding carboxylic acids is 2. The van der Waals surface area contributed by atoms with Gasteiger partial charge in [0.15, 0.2) is 0 Å². The van der Waals surface area contributed by atoms with Gasteiger partial charge in [-0.15, -0.1) is 0 Å². The minimum Gasteiger partial charge on any atom is -0.329 e. The standard InChI is InChI=1S/C22H27N3O2/c1-16-10-12-18(13-11-16)22(3,4)23-21(27)24-14-15-25(20(26)17(24)2)19-8-6-5-7-9-19/h5-13,17H,14-15H2,1-4H3,(H,23,27)/t17-/m0/s1. The van der Waals surface area contributed by atoms with Crippen molar-refractivity contribution < 1.29 is 9.59 Å². The molecule has 1 heterocycles. The van der Waals surface area contributed by atoms with Gasteiger partial charge in [0.05, 0.1) is 5.54 Å². The quantitative estimate of drug-likeness (QED) is 0.902. The van der Waals surface area contributed by atoms with E-state index in [0.717, 1.165) is 11.3 Å². The van der Waals surface area contributed by atoms with E-state index >= 15 is 0 Å². The van der Waals surface area contributed by atoms with E-state index in [-0.39, 0.29) is 11.9 Å². The molecule has 1 atom stereocenters. The number of aryl methyl sites for hydroxylation is 1. The molecule has 1 N–H and O–H groups in total. The monoisotopic (exact) mass is 365 g/mol. The summed E-state index contributed by atoms with van der Waals surface area (Å²) in [5.41, 5.74) is 2.55. The predicted molar refractivity (Wildman–Crippen MR) is 108 cm³/mol. The molecule has 0 bridgehead atoms. The van der Waals surface area contributed by atoms with Crippen LogP contribution in [0.5, 0.6) is 0 Å². The Hall–Kier alpha value is -2.82. The number of nitrogens with zero attached hydrogens (tertiary/aromatic N) is 2. The van der Waals surface area contributed by atoms with Gasteiger partial charge in [-0.25, -0.2) is 4.79 Å². The summed E-state index contributed by atoms with van der Waals surface area (Å²) < 4.78 is 0. The number of para-hydroxylation sites is 1. The van der Waals surface area contributed by atoms with Gasteiger partial charge >= 0.3 is 6.03 Å². The lowest BCUT2D eigenvalue weighted by molar-refractivity contribution is -0.124. The summed E-state index contributed by atoms with van der Waals surface area (Å²) in [6.45, 7) is 8.76. The molecule has 0 radical (unpaired) electrons. The molecule has 0 spiro atoms. The van der Waals surface area contributed by atoms with Crippen LogP contribution in [0.15, 0.2) is 54.6 Å². The van der Waals surface area contributed by atoms with E-state index in [0.29, 0.717) is 13.1 Å². The van der Waals surface area contributed by atoms with Crippen molar-refractivity contribution >= 4 is 17.6 Å². The maximum Gasteiger partial charge on any atom is 0.318 e. The second-order valence-electron chi connectivity index (χ2n) is 7.62. The second-order valence-corrected chi connectivity index (χ2v) is 7.62. The first-order valence-corrected chi connectivity index (χ1v) is 9.32. The summed E-state index contributed by atoms with van der Waals surface area (Å²) in [6.07, 6.45) is 0. The summed E-state index contributed by atoms with van der Waals surface area (Å²) >= 11 is 0. The number of rotatable bonds is 3. The van der Waals surface area contributed by atoms with Crippen molar-refractivity contribution in [2.24, 2.45) is 0 Å². The number of piperazine rings is 1. The Morgan fingerprint density at radius 1 is 1.04 bits per heavy atom. The lowest BCUT2D eigenvalue weighted by atomic mass is 9.93. The number of hydrogen-bond donors (Lipinski definition) is 1. The van der Waals surface area contributed by atoms with Crippen LogP contribution in [0.3, 0.4) is 0 Å². The fraction of sp³-hybridized carbons (Fsp3) is 0.364. The Balaban J connectivity index is 1.70. The largest absolute Gasteiger partial charge is 0.329 e. The maximum atomic E-state index is 12.9. The highest BCUT2D eigenvalue weighted by Crippen LogP contribution is 2.23. The highest BCUT2D eigenvalue weighted by Gasteiger charge is 2.36. The molecule has 1 saturated heterocycles. The van der Waals surface area contributed by atoms with Gasteiger partial charge in [0.2, 0.25) is 5.91 Å². The number of anilines is 1. The summed E-state index contributed by atoms with van der Waals surface area (Å²) in [5.74, 6) is -0.0595. The van der Waals surface area contributed by atoms with Crippen LogP contribution in [0.25, 0.3) is 0 Å². The normalized spacial score (nSPS) is 17.8. The van der Waals surface area contributed by atoms with E-state index in [4.69, 9.17) is 0 Å². The van der Waals surface area contributed by atoms with E-state index in [1.165, 1.54) is 5.56 Å². The SMILES string of the molecule is Cc1ccc(C(C)(C)NC(=O)N2CCN(c3ccccc3)C(=O)[C@@H]2C)cc1. The first-order chi connectivity index (χ1) is 12.8. The highest BCUT2D eigenvalue weighted by atomic mass is 16.2. The van der Waals surface area contributed by atoms with Gasteiger partial charge in [0.1, 0.15) is 6.04 Å². The molecule has 0 aliphatic carbocycles. The minimum absolute atomic E-state index is 0.0595. The van der Waals surface area contributed by atoms with Gasteiger partial charge in [0.25, 0.3) is 0 Å². The molecule has 1 aliphatic rings. The third kappa shape index (κ3) is 3.97. The molecule has 142 valence electrons. The molecule has 0 aromatic heterocycles. The average Bonchev–Trinajstić information content (AvgIpc) is 2.64. The molecular weight excluding hydrogens is 338 g/mol. The lowest BCUT2D eigenvalue weighted by Crippen LogP contribution is -2.61. The Morgan fingerprint density at radius 2 is 1.67 bits per heavy atom. The van der Waals surface area contributed by atoms with Crippen molar-refractivity contribution in [1.29, 1.82) is 0 Å². The zero-order valence-electron chi connectivity index (χ0n) is 16.4. The summed E-state index contributed by atoms with van der Waals surface area (Å²) in [4.78, 5) is 29.1. The average molecular weight is 365 g/mol. The Labute approximate surface area is 161 Å². The lowest BCUT2D eigenvalue weighted by Gasteiger charge is -2.40. The van der Waals surface area contributed by atoms with Gasteiger partial charge < -0.3 is 15.1 Å². The van der Waals surface area contributed by atoms with Gasteiger partial charge in [-0.3, -0.25) is 4.79 Å². The van der Waals surface area contributed by atoms with E-state index in [1.807, 2.05) is 75.4 Å². The summed E-state index contributed by atoms with van der Waals surface area (Å²) in [7, 11) is 0. The fourth-order valence-corrected chi connectivity index (χ4v) is 3.39. The molecule has 1 fully saturated rings. The molecule has 2 aromatic rings. The highest BCUT2D eigenvalue weighted by molar-refractivity contribution is 6.00. The van der Waals surface area contributed by atoms with Crippen molar-refractivity contribution in [1.82, 2.24) is 10.2 Å². The molecule has 3 amide bonds. The molecule has 5 nitrogen and oxygen atoms in total. The van der Waals surface area contributed by atoms with Gasteiger partial charge in [-0.2, -0.15) is 0 Å². The molecule has 0 saturated carbocycles. The predicted octanol–water partition coefficient (Wildman–Crippen LogP) is 3.68. The van der Waals surface area contributed by atoms with Crippen molar-refractivity contribution in [3.8, 4) is 0 Å². The maximum absolute atomic E-state index is 12.9. The van der Waals surface area contributed by atoms with Gasteiger partial charge in [-0.05, 0) is 45.4 Å². The molecular formula is C22H27N3O2. The first-order valence-electron chi connectivity index (χ1n) is 9.32. The number of carbonyl (C=O) groups is 2. The topological polar surface area (TPSA) is 52.7 Å². The Bertz CT molecular complexity index is 815. The van der Waals surface area contributed by atoms with E-state index in [1.54, 1.807) is 16.7 Å². The second kappa shape index (κ2) is 7.43. The number of urea groups is 1. The van der Waals surface area contributed by atoms with Crippen LogP contribution in [0.4, 0.5) is 10.5 Å². The first kappa shape index (κ1) is 19.0. The molecule has 3 rings (SSSR count). The molecule has 0 unspecified atom stereocenters. The molecule has 5 heteroatoms. The van der Waals surface area contributed by atoms with Crippen LogP contribution in [0.2, 0.25) is 0 Å². The van der Waals surface area contributed by atoms with E-state index in [2.05, 4.69) is 5.32 Å². The Morgan fingerprint density at radius 3 is 2.30 bits per heavy atom. The van der Waals surface area contributed by atoms with Gasteiger partial charge in [-0.1, -0.05) is 48.0 Å². The van der Waals surface area contributed by atoms with Crippen LogP contribution in [-0.4, -0.2) is 36.0 Å². The number of nitrogens with one attached hydrogen (secondary N) is 1. The zero-order valence-corrected chi connectivity index (χ0v) is 16.4. The smallest absolute Gasteiger partial charge is 0.318 e.